The van der Waals surface area contributed by atoms with E-state index in [1.165, 1.54) is 0 Å². The number of carbonyl (C=O) groups is 2. The fourth-order valence-corrected chi connectivity index (χ4v) is 2.98. The quantitative estimate of drug-likeness (QED) is 0.766. The van der Waals surface area contributed by atoms with E-state index in [1.807, 2.05) is 45.6 Å². The summed E-state index contributed by atoms with van der Waals surface area (Å²) in [5, 5.41) is 0. The summed E-state index contributed by atoms with van der Waals surface area (Å²) < 4.78 is 10.9. The monoisotopic (exact) mass is 347 g/mol. The molecule has 1 unspecified atom stereocenters. The van der Waals surface area contributed by atoms with Crippen molar-refractivity contribution in [2.45, 2.75) is 46.6 Å². The zero-order chi connectivity index (χ0) is 18.6. The molecule has 0 radical (unpaired) electrons. The van der Waals surface area contributed by atoms with E-state index in [2.05, 4.69) is 0 Å². The van der Waals surface area contributed by atoms with Crippen LogP contribution >= 0.6 is 0 Å². The Morgan fingerprint density at radius 2 is 1.88 bits per heavy atom. The molecule has 0 aromatic heterocycles. The maximum Gasteiger partial charge on any atom is 0.338 e. The highest BCUT2D eigenvalue weighted by atomic mass is 16.6. The van der Waals surface area contributed by atoms with Crippen LogP contribution in [0.25, 0.3) is 0 Å². The lowest BCUT2D eigenvalue weighted by atomic mass is 10.0. The maximum absolute atomic E-state index is 12.8. The standard InChI is InChI=1S/C20H29NO4/c1-6-24-13-15-7-8-21(12-15)18(22)16-9-14(2)10-17(11-16)19(23)25-20(3,4)5/h9-11,15H,6-8,12-13H2,1-5H3. The van der Waals surface area contributed by atoms with Crippen molar-refractivity contribution in [1.29, 1.82) is 0 Å². The average Bonchev–Trinajstić information content (AvgIpc) is 2.98. The van der Waals surface area contributed by atoms with Gasteiger partial charge in [-0.15, -0.1) is 0 Å². The number of carbonyl (C=O) groups excluding carboxylic acids is 2. The summed E-state index contributed by atoms with van der Waals surface area (Å²) in [6.45, 7) is 12.2. The molecule has 0 saturated carbocycles. The Hall–Kier alpha value is -1.88. The molecule has 1 aliphatic rings. The minimum atomic E-state index is -0.563. The third-order valence-electron chi connectivity index (χ3n) is 4.09. The molecule has 1 amide bonds. The van der Waals surface area contributed by atoms with Gasteiger partial charge in [0.25, 0.3) is 5.91 Å². The second-order valence-electron chi connectivity index (χ2n) is 7.65. The van der Waals surface area contributed by atoms with Gasteiger partial charge in [-0.25, -0.2) is 4.79 Å². The van der Waals surface area contributed by atoms with E-state index in [0.717, 1.165) is 18.5 Å². The first-order valence-electron chi connectivity index (χ1n) is 8.91. The van der Waals surface area contributed by atoms with Crippen LogP contribution in [0, 0.1) is 12.8 Å². The van der Waals surface area contributed by atoms with Crippen LogP contribution in [-0.2, 0) is 9.47 Å². The molecule has 25 heavy (non-hydrogen) atoms. The van der Waals surface area contributed by atoms with Crippen molar-refractivity contribution in [3.8, 4) is 0 Å². The molecule has 0 N–H and O–H groups in total. The van der Waals surface area contributed by atoms with E-state index in [-0.39, 0.29) is 5.91 Å². The summed E-state index contributed by atoms with van der Waals surface area (Å²) in [4.78, 5) is 27.0. The summed E-state index contributed by atoms with van der Waals surface area (Å²) in [7, 11) is 0. The largest absolute Gasteiger partial charge is 0.456 e. The summed E-state index contributed by atoms with van der Waals surface area (Å²) in [6, 6.07) is 5.22. The van der Waals surface area contributed by atoms with E-state index in [0.29, 0.717) is 36.8 Å². The molecule has 5 heteroatoms. The Morgan fingerprint density at radius 3 is 2.52 bits per heavy atom. The molecule has 138 valence electrons. The van der Waals surface area contributed by atoms with Crippen LogP contribution in [0.15, 0.2) is 18.2 Å². The number of rotatable bonds is 5. The highest BCUT2D eigenvalue weighted by Crippen LogP contribution is 2.21. The van der Waals surface area contributed by atoms with Gasteiger partial charge in [-0.05, 0) is 64.8 Å². The normalized spacial score (nSPS) is 17.6. The van der Waals surface area contributed by atoms with Crippen molar-refractivity contribution < 1.29 is 19.1 Å². The smallest absolute Gasteiger partial charge is 0.338 e. The molecule has 1 aliphatic heterocycles. The molecule has 1 heterocycles. The maximum atomic E-state index is 12.8. The first-order valence-corrected chi connectivity index (χ1v) is 8.91. The number of benzene rings is 1. The molecule has 0 bridgehead atoms. The van der Waals surface area contributed by atoms with E-state index in [9.17, 15) is 9.59 Å². The second-order valence-corrected chi connectivity index (χ2v) is 7.65. The lowest BCUT2D eigenvalue weighted by Crippen LogP contribution is -2.30. The number of amides is 1. The molecule has 5 nitrogen and oxygen atoms in total. The number of likely N-dealkylation sites (tertiary alicyclic amines) is 1. The van der Waals surface area contributed by atoms with E-state index >= 15 is 0 Å². The highest BCUT2D eigenvalue weighted by Gasteiger charge is 2.28. The second kappa shape index (κ2) is 8.00. The number of nitrogens with zero attached hydrogens (tertiary/aromatic N) is 1. The fourth-order valence-electron chi connectivity index (χ4n) is 2.98. The molecule has 0 aliphatic carbocycles. The van der Waals surface area contributed by atoms with Gasteiger partial charge in [0.1, 0.15) is 5.60 Å². The molecule has 1 fully saturated rings. The predicted molar refractivity (Wildman–Crippen MR) is 96.9 cm³/mol. The third-order valence-corrected chi connectivity index (χ3v) is 4.09. The van der Waals surface area contributed by atoms with Gasteiger partial charge in [-0.2, -0.15) is 0 Å². The van der Waals surface area contributed by atoms with Crippen molar-refractivity contribution in [3.05, 3.63) is 34.9 Å². The number of hydrogen-bond acceptors (Lipinski definition) is 4. The zero-order valence-corrected chi connectivity index (χ0v) is 15.9. The minimum absolute atomic E-state index is 0.0347. The Balaban J connectivity index is 2.11. The summed E-state index contributed by atoms with van der Waals surface area (Å²) >= 11 is 0. The zero-order valence-electron chi connectivity index (χ0n) is 15.9. The first kappa shape index (κ1) is 19.4. The van der Waals surface area contributed by atoms with Crippen LogP contribution in [0.3, 0.4) is 0 Å². The highest BCUT2D eigenvalue weighted by molar-refractivity contribution is 5.98. The van der Waals surface area contributed by atoms with Gasteiger partial charge in [-0.3, -0.25) is 4.79 Å². The Labute approximate surface area is 150 Å². The van der Waals surface area contributed by atoms with Gasteiger partial charge in [-0.1, -0.05) is 0 Å². The van der Waals surface area contributed by atoms with Gasteiger partial charge in [0.15, 0.2) is 0 Å². The third kappa shape index (κ3) is 5.56. The molecular weight excluding hydrogens is 318 g/mol. The topological polar surface area (TPSA) is 55.8 Å². The number of aryl methyl sites for hydroxylation is 1. The number of hydrogen-bond donors (Lipinski definition) is 0. The average molecular weight is 347 g/mol. The van der Waals surface area contributed by atoms with E-state index in [4.69, 9.17) is 9.47 Å². The van der Waals surface area contributed by atoms with Gasteiger partial charge in [0.05, 0.1) is 12.2 Å². The Bertz CT molecular complexity index is 633. The Kier molecular flexibility index (Phi) is 6.22. The summed E-state index contributed by atoms with van der Waals surface area (Å²) in [6.07, 6.45) is 0.955. The van der Waals surface area contributed by atoms with E-state index in [1.54, 1.807) is 12.1 Å². The van der Waals surface area contributed by atoms with Crippen LogP contribution in [0.2, 0.25) is 0 Å². The molecular formula is C20H29NO4. The van der Waals surface area contributed by atoms with Crippen LogP contribution < -0.4 is 0 Å². The molecule has 0 spiro atoms. The lowest BCUT2D eigenvalue weighted by Gasteiger charge is -2.20. The van der Waals surface area contributed by atoms with Gasteiger partial charge in [0, 0.05) is 31.2 Å². The van der Waals surface area contributed by atoms with Crippen molar-refractivity contribution >= 4 is 11.9 Å². The number of esters is 1. The van der Waals surface area contributed by atoms with Gasteiger partial charge < -0.3 is 14.4 Å². The molecule has 1 aromatic carbocycles. The lowest BCUT2D eigenvalue weighted by molar-refractivity contribution is 0.00694. The molecule has 1 aromatic rings. The summed E-state index contributed by atoms with van der Waals surface area (Å²) in [5.74, 6) is -0.0487. The van der Waals surface area contributed by atoms with Gasteiger partial charge in [0.2, 0.25) is 0 Å². The van der Waals surface area contributed by atoms with Crippen molar-refractivity contribution in [2.75, 3.05) is 26.3 Å². The van der Waals surface area contributed by atoms with Crippen molar-refractivity contribution in [2.24, 2.45) is 5.92 Å². The van der Waals surface area contributed by atoms with Gasteiger partial charge >= 0.3 is 5.97 Å². The molecule has 1 atom stereocenters. The van der Waals surface area contributed by atoms with Crippen LogP contribution in [0.5, 0.6) is 0 Å². The summed E-state index contributed by atoms with van der Waals surface area (Å²) in [5.41, 5.74) is 1.27. The van der Waals surface area contributed by atoms with Crippen LogP contribution in [-0.4, -0.2) is 48.7 Å². The minimum Gasteiger partial charge on any atom is -0.456 e. The SMILES string of the molecule is CCOCC1CCN(C(=O)c2cc(C)cc(C(=O)OC(C)(C)C)c2)C1. The predicted octanol–water partition coefficient (Wildman–Crippen LogP) is 3.45. The number of ether oxygens (including phenoxy) is 2. The van der Waals surface area contributed by atoms with Crippen molar-refractivity contribution in [3.63, 3.8) is 0 Å². The van der Waals surface area contributed by atoms with E-state index < -0.39 is 11.6 Å². The van der Waals surface area contributed by atoms with Crippen molar-refractivity contribution in [1.82, 2.24) is 4.90 Å². The van der Waals surface area contributed by atoms with Crippen LogP contribution in [0.4, 0.5) is 0 Å². The first-order chi connectivity index (χ1) is 11.7. The molecule has 1 saturated heterocycles. The fraction of sp³-hybridized carbons (Fsp3) is 0.600. The van der Waals surface area contributed by atoms with Crippen LogP contribution in [0.1, 0.15) is 60.4 Å². The Morgan fingerprint density at radius 1 is 1.20 bits per heavy atom. The molecule has 2 rings (SSSR count).